The van der Waals surface area contributed by atoms with E-state index in [0.717, 1.165) is 38.4 Å². The molecule has 0 aliphatic heterocycles. The fourth-order valence-electron chi connectivity index (χ4n) is 4.15. The second-order valence-corrected chi connectivity index (χ2v) is 10.1. The Labute approximate surface area is 216 Å². The number of carbonyl (C=O) groups is 1. The van der Waals surface area contributed by atoms with Crippen molar-refractivity contribution in [3.63, 3.8) is 0 Å². The van der Waals surface area contributed by atoms with Gasteiger partial charge in [0.05, 0.1) is 11.1 Å². The average molecular weight is 508 g/mol. The number of thiophene rings is 1. The van der Waals surface area contributed by atoms with Gasteiger partial charge in [0, 0.05) is 22.3 Å². The van der Waals surface area contributed by atoms with Gasteiger partial charge in [-0.15, -0.1) is 21.5 Å². The highest BCUT2D eigenvalue weighted by molar-refractivity contribution is 7.99. The number of carbonyl (C=O) groups excluding carboxylic acids is 1. The van der Waals surface area contributed by atoms with Crippen molar-refractivity contribution in [2.75, 3.05) is 10.7 Å². The smallest absolute Gasteiger partial charge is 0.242 e. The fourth-order valence-corrected chi connectivity index (χ4v) is 5.81. The molecule has 0 aliphatic rings. The van der Waals surface area contributed by atoms with Crippen LogP contribution >= 0.6 is 23.1 Å². The van der Waals surface area contributed by atoms with E-state index in [1.54, 1.807) is 22.6 Å². The van der Waals surface area contributed by atoms with Crippen LogP contribution in [-0.2, 0) is 4.79 Å². The number of hydrogen-bond donors (Lipinski definition) is 0. The molecule has 6 rings (SSSR count). The third kappa shape index (κ3) is 4.14. The third-order valence-electron chi connectivity index (χ3n) is 5.92. The summed E-state index contributed by atoms with van der Waals surface area (Å²) in [5, 5.41) is 12.6. The summed E-state index contributed by atoms with van der Waals surface area (Å²) in [5.41, 5.74) is 5.82. The van der Waals surface area contributed by atoms with Crippen LogP contribution < -0.4 is 4.90 Å². The molecule has 3 aromatic heterocycles. The maximum absolute atomic E-state index is 13.4. The molecule has 0 fully saturated rings. The van der Waals surface area contributed by atoms with Crippen molar-refractivity contribution in [3.05, 3.63) is 102 Å². The number of hydrogen-bond acceptors (Lipinski definition) is 6. The highest BCUT2D eigenvalue weighted by atomic mass is 32.2. The number of amides is 1. The maximum atomic E-state index is 13.4. The average Bonchev–Trinajstić information content (AvgIpc) is 3.53. The molecule has 0 saturated carbocycles. The lowest BCUT2D eigenvalue weighted by atomic mass is 10.0. The Morgan fingerprint density at radius 3 is 2.25 bits per heavy atom. The summed E-state index contributed by atoms with van der Waals surface area (Å²) >= 11 is 2.95. The molecule has 0 N–H and O–H groups in total. The minimum Gasteiger partial charge on any atom is -0.280 e. The standard InChI is InChI=1S/C28H21N5OS2/c1-19-12-14-20(15-13-19)23-16-35-27-25(23)26-30-31-28(32(26)18-29-27)36-17-24(34)33(21-8-4-2-5-9-21)22-10-6-3-7-11-22/h2-16,18H,17H2,1H3. The summed E-state index contributed by atoms with van der Waals surface area (Å²) in [6, 6.07) is 27.8. The van der Waals surface area contributed by atoms with Crippen LogP contribution in [-0.4, -0.2) is 31.2 Å². The Balaban J connectivity index is 1.32. The molecule has 176 valence electrons. The molecule has 8 heteroatoms. The van der Waals surface area contributed by atoms with Gasteiger partial charge in [-0.2, -0.15) is 0 Å². The van der Waals surface area contributed by atoms with Crippen molar-refractivity contribution in [1.82, 2.24) is 19.6 Å². The van der Waals surface area contributed by atoms with Crippen molar-refractivity contribution in [3.8, 4) is 11.1 Å². The molecule has 36 heavy (non-hydrogen) atoms. The monoisotopic (exact) mass is 507 g/mol. The molecule has 3 aromatic carbocycles. The summed E-state index contributed by atoms with van der Waals surface area (Å²) in [6.07, 6.45) is 1.74. The topological polar surface area (TPSA) is 63.4 Å². The molecule has 3 heterocycles. The van der Waals surface area contributed by atoms with Crippen LogP contribution in [0.3, 0.4) is 0 Å². The van der Waals surface area contributed by atoms with Gasteiger partial charge < -0.3 is 0 Å². The van der Waals surface area contributed by atoms with Crippen LogP contribution in [0.15, 0.2) is 102 Å². The highest BCUT2D eigenvalue weighted by Crippen LogP contribution is 2.36. The van der Waals surface area contributed by atoms with Crippen LogP contribution in [0.5, 0.6) is 0 Å². The molecule has 1 amide bonds. The van der Waals surface area contributed by atoms with Crippen LogP contribution in [0, 0.1) is 6.92 Å². The number of rotatable bonds is 6. The molecular weight excluding hydrogens is 486 g/mol. The zero-order valence-electron chi connectivity index (χ0n) is 19.4. The quantitative estimate of drug-likeness (QED) is 0.233. The van der Waals surface area contributed by atoms with Gasteiger partial charge in [0.2, 0.25) is 5.91 Å². The summed E-state index contributed by atoms with van der Waals surface area (Å²) in [7, 11) is 0. The zero-order chi connectivity index (χ0) is 24.5. The Morgan fingerprint density at radius 1 is 0.917 bits per heavy atom. The number of fused-ring (bicyclic) bond motifs is 3. The fraction of sp³-hybridized carbons (Fsp3) is 0.0714. The van der Waals surface area contributed by atoms with E-state index in [4.69, 9.17) is 0 Å². The van der Waals surface area contributed by atoms with Crippen molar-refractivity contribution < 1.29 is 4.79 Å². The maximum Gasteiger partial charge on any atom is 0.242 e. The first-order chi connectivity index (χ1) is 17.7. The first-order valence-corrected chi connectivity index (χ1v) is 13.3. The van der Waals surface area contributed by atoms with Crippen molar-refractivity contribution in [2.45, 2.75) is 12.1 Å². The van der Waals surface area contributed by atoms with Gasteiger partial charge in [0.15, 0.2) is 10.8 Å². The predicted molar refractivity (Wildman–Crippen MR) is 147 cm³/mol. The summed E-state index contributed by atoms with van der Waals surface area (Å²) < 4.78 is 1.88. The number of aromatic nitrogens is 4. The van der Waals surface area contributed by atoms with E-state index < -0.39 is 0 Å². The lowest BCUT2D eigenvalue weighted by Gasteiger charge is -2.22. The van der Waals surface area contributed by atoms with E-state index in [2.05, 4.69) is 51.8 Å². The Morgan fingerprint density at radius 2 is 1.58 bits per heavy atom. The number of thioether (sulfide) groups is 1. The molecule has 0 unspecified atom stereocenters. The van der Waals surface area contributed by atoms with Gasteiger partial charge in [-0.1, -0.05) is 78.0 Å². The van der Waals surface area contributed by atoms with Crippen molar-refractivity contribution in [1.29, 1.82) is 0 Å². The molecule has 0 radical (unpaired) electrons. The Bertz CT molecular complexity index is 1620. The predicted octanol–water partition coefficient (Wildman–Crippen LogP) is 6.77. The van der Waals surface area contributed by atoms with E-state index in [0.29, 0.717) is 5.16 Å². The van der Waals surface area contributed by atoms with Gasteiger partial charge in [0.1, 0.15) is 11.2 Å². The number of anilines is 2. The first-order valence-electron chi connectivity index (χ1n) is 11.4. The number of aryl methyl sites for hydroxylation is 1. The molecule has 0 saturated heterocycles. The minimum absolute atomic E-state index is 0.0425. The molecule has 0 aliphatic carbocycles. The lowest BCUT2D eigenvalue weighted by molar-refractivity contribution is -0.115. The normalized spacial score (nSPS) is 11.2. The van der Waals surface area contributed by atoms with Gasteiger partial charge in [-0.05, 0) is 36.8 Å². The lowest BCUT2D eigenvalue weighted by Crippen LogP contribution is -2.27. The largest absolute Gasteiger partial charge is 0.280 e. The van der Waals surface area contributed by atoms with Gasteiger partial charge >= 0.3 is 0 Å². The van der Waals surface area contributed by atoms with Crippen LogP contribution in [0.4, 0.5) is 11.4 Å². The van der Waals surface area contributed by atoms with Crippen LogP contribution in [0.2, 0.25) is 0 Å². The highest BCUT2D eigenvalue weighted by Gasteiger charge is 2.21. The Kier molecular flexibility index (Phi) is 5.96. The van der Waals surface area contributed by atoms with Crippen LogP contribution in [0.25, 0.3) is 27.0 Å². The third-order valence-corrected chi connectivity index (χ3v) is 7.73. The molecule has 0 bridgehead atoms. The van der Waals surface area contributed by atoms with E-state index in [1.807, 2.05) is 65.1 Å². The molecular formula is C28H21N5OS2. The number of benzene rings is 3. The second kappa shape index (κ2) is 9.56. The van der Waals surface area contributed by atoms with E-state index >= 15 is 0 Å². The van der Waals surface area contributed by atoms with Crippen LogP contribution in [0.1, 0.15) is 5.56 Å². The molecule has 6 nitrogen and oxygen atoms in total. The number of nitrogens with zero attached hydrogens (tertiary/aromatic N) is 5. The van der Waals surface area contributed by atoms with E-state index in [-0.39, 0.29) is 11.7 Å². The summed E-state index contributed by atoms with van der Waals surface area (Å²) in [5.74, 6) is 0.163. The van der Waals surface area contributed by atoms with Crippen molar-refractivity contribution in [2.24, 2.45) is 0 Å². The zero-order valence-corrected chi connectivity index (χ0v) is 21.0. The summed E-state index contributed by atoms with van der Waals surface area (Å²) in [4.78, 5) is 20.8. The van der Waals surface area contributed by atoms with Crippen molar-refractivity contribution >= 4 is 56.2 Å². The van der Waals surface area contributed by atoms with E-state index in [9.17, 15) is 4.79 Å². The van der Waals surface area contributed by atoms with Gasteiger partial charge in [-0.3, -0.25) is 14.1 Å². The van der Waals surface area contributed by atoms with E-state index in [1.165, 1.54) is 17.3 Å². The number of para-hydroxylation sites is 2. The van der Waals surface area contributed by atoms with Gasteiger partial charge in [0.25, 0.3) is 0 Å². The first kappa shape index (κ1) is 22.5. The second-order valence-electron chi connectivity index (χ2n) is 8.31. The van der Waals surface area contributed by atoms with Gasteiger partial charge in [-0.25, -0.2) is 4.98 Å². The minimum atomic E-state index is -0.0425. The molecule has 0 spiro atoms. The summed E-state index contributed by atoms with van der Waals surface area (Å²) in [6.45, 7) is 2.08. The molecule has 6 aromatic rings. The Hall–Kier alpha value is -4.01. The molecule has 0 atom stereocenters. The SMILES string of the molecule is Cc1ccc(-c2csc3ncn4c(SCC(=O)N(c5ccccc5)c5ccccc5)nnc4c23)cc1.